The van der Waals surface area contributed by atoms with Crippen LogP contribution in [0.1, 0.15) is 26.3 Å². The Hall–Kier alpha value is -4.81. The molecule has 194 valence electrons. The SMILES string of the molecule is C=CN=C(C=C)c1ccc(N(C)C(=O)c2cc(Cl)cc(C(=O)N(C)c3ccc(-c4ccccn4)cc3)c2)cc1. The van der Waals surface area contributed by atoms with Gasteiger partial charge in [-0.1, -0.05) is 55.1 Å². The molecule has 2 amide bonds. The van der Waals surface area contributed by atoms with Crippen molar-refractivity contribution in [2.24, 2.45) is 4.99 Å². The predicted octanol–water partition coefficient (Wildman–Crippen LogP) is 7.07. The summed E-state index contributed by atoms with van der Waals surface area (Å²) in [6.45, 7) is 7.39. The third-order valence-electron chi connectivity index (χ3n) is 6.19. The molecule has 0 aliphatic rings. The van der Waals surface area contributed by atoms with Gasteiger partial charge in [-0.25, -0.2) is 0 Å². The molecule has 0 radical (unpaired) electrons. The highest BCUT2D eigenvalue weighted by atomic mass is 35.5. The van der Waals surface area contributed by atoms with Crippen molar-refractivity contribution >= 4 is 40.5 Å². The molecule has 0 saturated heterocycles. The van der Waals surface area contributed by atoms with Crippen molar-refractivity contribution in [1.29, 1.82) is 0 Å². The second-order valence-electron chi connectivity index (χ2n) is 8.67. The number of nitrogens with zero attached hydrogens (tertiary/aromatic N) is 4. The number of rotatable bonds is 8. The van der Waals surface area contributed by atoms with E-state index in [4.69, 9.17) is 11.6 Å². The van der Waals surface area contributed by atoms with Crippen molar-refractivity contribution in [2.75, 3.05) is 23.9 Å². The number of allylic oxidation sites excluding steroid dienone is 1. The summed E-state index contributed by atoms with van der Waals surface area (Å²) in [5.41, 5.74) is 5.30. The number of carbonyl (C=O) groups excluding carboxylic acids is 2. The number of aromatic nitrogens is 1. The third-order valence-corrected chi connectivity index (χ3v) is 6.41. The zero-order chi connectivity index (χ0) is 27.9. The predicted molar refractivity (Wildman–Crippen MR) is 160 cm³/mol. The molecule has 4 aromatic rings. The van der Waals surface area contributed by atoms with Crippen LogP contribution in [0.3, 0.4) is 0 Å². The maximum atomic E-state index is 13.4. The fourth-order valence-electron chi connectivity index (χ4n) is 4.05. The molecular weight excluding hydrogens is 508 g/mol. The van der Waals surface area contributed by atoms with Gasteiger partial charge in [-0.3, -0.25) is 19.6 Å². The molecule has 3 aromatic carbocycles. The van der Waals surface area contributed by atoms with Crippen molar-refractivity contribution in [3.05, 3.63) is 138 Å². The van der Waals surface area contributed by atoms with Crippen LogP contribution in [0.2, 0.25) is 5.02 Å². The van der Waals surface area contributed by atoms with Crippen LogP contribution in [0.5, 0.6) is 0 Å². The summed E-state index contributed by atoms with van der Waals surface area (Å²) >= 11 is 6.35. The fraction of sp³-hybridized carbons (Fsp3) is 0.0625. The summed E-state index contributed by atoms with van der Waals surface area (Å²) in [6, 6.07) is 25.3. The normalized spacial score (nSPS) is 11.0. The van der Waals surface area contributed by atoms with Gasteiger partial charge >= 0.3 is 0 Å². The quantitative estimate of drug-likeness (QED) is 0.227. The lowest BCUT2D eigenvalue weighted by atomic mass is 10.1. The molecule has 0 fully saturated rings. The van der Waals surface area contributed by atoms with E-state index in [-0.39, 0.29) is 11.8 Å². The zero-order valence-corrected chi connectivity index (χ0v) is 22.5. The van der Waals surface area contributed by atoms with E-state index in [1.165, 1.54) is 16.0 Å². The molecule has 0 spiro atoms. The topological polar surface area (TPSA) is 65.9 Å². The number of pyridine rings is 1. The van der Waals surface area contributed by atoms with Crippen LogP contribution < -0.4 is 9.80 Å². The first kappa shape index (κ1) is 27.2. The monoisotopic (exact) mass is 534 g/mol. The number of halogens is 1. The van der Waals surface area contributed by atoms with Crippen LogP contribution >= 0.6 is 11.6 Å². The number of anilines is 2. The second-order valence-corrected chi connectivity index (χ2v) is 9.10. The standard InChI is InChI=1S/C32H27ClN4O2/c1-5-29(34-6-2)22-10-14-27(15-11-22)36(3)31(38)24-19-25(21-26(33)20-24)32(39)37(4)28-16-12-23(13-17-28)30-9-7-8-18-35-30/h5-21H,1-2H2,3-4H3. The van der Waals surface area contributed by atoms with Crippen LogP contribution in [-0.4, -0.2) is 36.6 Å². The molecule has 6 nitrogen and oxygen atoms in total. The van der Waals surface area contributed by atoms with Crippen LogP contribution in [-0.2, 0) is 0 Å². The Balaban J connectivity index is 1.54. The lowest BCUT2D eigenvalue weighted by Gasteiger charge is -2.20. The van der Waals surface area contributed by atoms with E-state index in [0.29, 0.717) is 33.2 Å². The molecule has 0 aliphatic carbocycles. The molecular formula is C32H27ClN4O2. The van der Waals surface area contributed by atoms with E-state index in [1.54, 1.807) is 44.6 Å². The molecule has 1 heterocycles. The first-order valence-corrected chi connectivity index (χ1v) is 12.5. The molecule has 0 aliphatic heterocycles. The second kappa shape index (κ2) is 12.2. The maximum absolute atomic E-state index is 13.4. The highest BCUT2D eigenvalue weighted by Gasteiger charge is 2.20. The number of aliphatic imine (C=N–C) groups is 1. The van der Waals surface area contributed by atoms with Gasteiger partial charge in [0.1, 0.15) is 0 Å². The van der Waals surface area contributed by atoms with Gasteiger partial charge in [-0.2, -0.15) is 0 Å². The van der Waals surface area contributed by atoms with Crippen molar-refractivity contribution in [2.45, 2.75) is 0 Å². The summed E-state index contributed by atoms with van der Waals surface area (Å²) in [7, 11) is 3.35. The van der Waals surface area contributed by atoms with Gasteiger partial charge in [-0.15, -0.1) is 0 Å². The largest absolute Gasteiger partial charge is 0.311 e. The van der Waals surface area contributed by atoms with Crippen LogP contribution in [0, 0.1) is 0 Å². The van der Waals surface area contributed by atoms with E-state index >= 15 is 0 Å². The number of benzene rings is 3. The Labute approximate surface area is 233 Å². The molecule has 0 atom stereocenters. The first-order chi connectivity index (χ1) is 18.8. The smallest absolute Gasteiger partial charge is 0.258 e. The van der Waals surface area contributed by atoms with Crippen molar-refractivity contribution in [3.63, 3.8) is 0 Å². The summed E-state index contributed by atoms with van der Waals surface area (Å²) in [6.07, 6.45) is 4.83. The molecule has 0 N–H and O–H groups in total. The number of hydrogen-bond donors (Lipinski definition) is 0. The molecule has 0 unspecified atom stereocenters. The Morgan fingerprint density at radius 2 is 1.36 bits per heavy atom. The van der Waals surface area contributed by atoms with Gasteiger partial charge in [0.15, 0.2) is 0 Å². The Morgan fingerprint density at radius 1 is 0.795 bits per heavy atom. The molecule has 39 heavy (non-hydrogen) atoms. The average molecular weight is 535 g/mol. The van der Waals surface area contributed by atoms with E-state index in [1.807, 2.05) is 66.7 Å². The maximum Gasteiger partial charge on any atom is 0.258 e. The fourth-order valence-corrected chi connectivity index (χ4v) is 4.28. The number of hydrogen-bond acceptors (Lipinski definition) is 4. The number of carbonyl (C=O) groups is 2. The van der Waals surface area contributed by atoms with Gasteiger partial charge in [0, 0.05) is 65.1 Å². The van der Waals surface area contributed by atoms with E-state index < -0.39 is 0 Å². The lowest BCUT2D eigenvalue weighted by Crippen LogP contribution is -2.28. The van der Waals surface area contributed by atoms with Crippen LogP contribution in [0.25, 0.3) is 11.3 Å². The first-order valence-electron chi connectivity index (χ1n) is 12.1. The Bertz CT molecular complexity index is 1550. The van der Waals surface area contributed by atoms with E-state index in [2.05, 4.69) is 23.1 Å². The zero-order valence-electron chi connectivity index (χ0n) is 21.7. The number of amides is 2. The highest BCUT2D eigenvalue weighted by molar-refractivity contribution is 6.31. The Kier molecular flexibility index (Phi) is 8.49. The minimum absolute atomic E-state index is 0.289. The van der Waals surface area contributed by atoms with Gasteiger partial charge in [0.05, 0.1) is 11.4 Å². The Morgan fingerprint density at radius 3 is 1.85 bits per heavy atom. The van der Waals surface area contributed by atoms with Crippen molar-refractivity contribution in [1.82, 2.24) is 4.98 Å². The minimum atomic E-state index is -0.301. The lowest BCUT2D eigenvalue weighted by molar-refractivity contribution is 0.0992. The van der Waals surface area contributed by atoms with E-state index in [0.717, 1.165) is 16.8 Å². The van der Waals surface area contributed by atoms with Crippen LogP contribution in [0.15, 0.2) is 122 Å². The summed E-state index contributed by atoms with van der Waals surface area (Å²) in [5.74, 6) is -0.590. The summed E-state index contributed by atoms with van der Waals surface area (Å²) in [5, 5.41) is 0.295. The van der Waals surface area contributed by atoms with Crippen molar-refractivity contribution < 1.29 is 9.59 Å². The summed E-state index contributed by atoms with van der Waals surface area (Å²) in [4.78, 5) is 38.3. The van der Waals surface area contributed by atoms with Gasteiger partial charge in [-0.05, 0) is 60.7 Å². The van der Waals surface area contributed by atoms with Crippen molar-refractivity contribution in [3.8, 4) is 11.3 Å². The molecule has 7 heteroatoms. The average Bonchev–Trinajstić information content (AvgIpc) is 2.98. The molecule has 1 aromatic heterocycles. The molecule has 0 bridgehead atoms. The molecule has 4 rings (SSSR count). The minimum Gasteiger partial charge on any atom is -0.311 e. The molecule has 0 saturated carbocycles. The third kappa shape index (κ3) is 6.20. The summed E-state index contributed by atoms with van der Waals surface area (Å²) < 4.78 is 0. The van der Waals surface area contributed by atoms with Crippen LogP contribution in [0.4, 0.5) is 11.4 Å². The highest BCUT2D eigenvalue weighted by Crippen LogP contribution is 2.25. The van der Waals surface area contributed by atoms with Gasteiger partial charge < -0.3 is 9.80 Å². The van der Waals surface area contributed by atoms with E-state index in [9.17, 15) is 9.59 Å². The van der Waals surface area contributed by atoms with Gasteiger partial charge in [0.2, 0.25) is 0 Å². The van der Waals surface area contributed by atoms with Gasteiger partial charge in [0.25, 0.3) is 11.8 Å².